The van der Waals surface area contributed by atoms with Gasteiger partial charge in [-0.2, -0.15) is 13.2 Å². The zero-order valence-electron chi connectivity index (χ0n) is 19.1. The van der Waals surface area contributed by atoms with E-state index in [1.54, 1.807) is 35.4 Å². The van der Waals surface area contributed by atoms with Crippen molar-refractivity contribution in [1.29, 1.82) is 0 Å². The molecule has 0 unspecified atom stereocenters. The van der Waals surface area contributed by atoms with Crippen molar-refractivity contribution in [2.24, 2.45) is 11.3 Å². The van der Waals surface area contributed by atoms with Crippen LogP contribution in [0.5, 0.6) is 0 Å². The van der Waals surface area contributed by atoms with Crippen LogP contribution in [-0.2, 0) is 22.3 Å². The third-order valence-electron chi connectivity index (χ3n) is 6.72. The largest absolute Gasteiger partial charge is 0.481 e. The van der Waals surface area contributed by atoms with Gasteiger partial charge in [0, 0.05) is 43.2 Å². The monoisotopic (exact) mass is 476 g/mol. The maximum Gasteiger partial charge on any atom is 0.416 e. The van der Waals surface area contributed by atoms with Gasteiger partial charge in [-0.05, 0) is 47.6 Å². The molecule has 0 aliphatic carbocycles. The average molecular weight is 476 g/mol. The highest BCUT2D eigenvalue weighted by Gasteiger charge is 2.38. The lowest BCUT2D eigenvalue weighted by atomic mass is 9.81. The van der Waals surface area contributed by atoms with Gasteiger partial charge in [-0.3, -0.25) is 14.4 Å². The first-order valence-electron chi connectivity index (χ1n) is 11.2. The molecular weight excluding hydrogens is 449 g/mol. The summed E-state index contributed by atoms with van der Waals surface area (Å²) >= 11 is 0. The van der Waals surface area contributed by atoms with E-state index in [-0.39, 0.29) is 47.3 Å². The topological polar surface area (TPSA) is 79.6 Å². The summed E-state index contributed by atoms with van der Waals surface area (Å²) in [6.07, 6.45) is -3.65. The second-order valence-corrected chi connectivity index (χ2v) is 10.2. The van der Waals surface area contributed by atoms with E-state index < -0.39 is 23.1 Å². The van der Waals surface area contributed by atoms with Gasteiger partial charge < -0.3 is 14.6 Å². The number of nitrogens with zero attached hydrogens (tertiary/aromatic N) is 2. The van der Waals surface area contributed by atoms with Gasteiger partial charge in [-0.25, -0.2) is 0 Å². The van der Waals surface area contributed by atoms with Gasteiger partial charge in [0.2, 0.25) is 5.91 Å². The van der Waals surface area contributed by atoms with E-state index in [0.717, 1.165) is 24.2 Å². The average Bonchev–Trinajstić information content (AvgIpc) is 2.72. The highest BCUT2D eigenvalue weighted by molar-refractivity contribution is 5.78. The normalized spacial score (nSPS) is 20.1. The molecule has 34 heavy (non-hydrogen) atoms. The van der Waals surface area contributed by atoms with E-state index >= 15 is 0 Å². The first kappa shape index (κ1) is 24.0. The number of pyridine rings is 1. The number of amides is 1. The van der Waals surface area contributed by atoms with Gasteiger partial charge in [0.1, 0.15) is 0 Å². The van der Waals surface area contributed by atoms with Crippen LogP contribution in [0, 0.1) is 11.3 Å². The number of rotatable bonds is 5. The van der Waals surface area contributed by atoms with Crippen molar-refractivity contribution in [1.82, 2.24) is 9.47 Å². The van der Waals surface area contributed by atoms with E-state index in [1.807, 2.05) is 0 Å². The molecule has 6 nitrogen and oxygen atoms in total. The van der Waals surface area contributed by atoms with Crippen LogP contribution in [0.25, 0.3) is 11.1 Å². The van der Waals surface area contributed by atoms with Crippen molar-refractivity contribution >= 4 is 11.9 Å². The summed E-state index contributed by atoms with van der Waals surface area (Å²) in [5.41, 5.74) is -0.567. The molecule has 182 valence electrons. The van der Waals surface area contributed by atoms with E-state index in [0.29, 0.717) is 19.6 Å². The molecule has 3 heterocycles. The van der Waals surface area contributed by atoms with Crippen LogP contribution in [0.2, 0.25) is 0 Å². The number of halogens is 3. The molecule has 0 radical (unpaired) electrons. The summed E-state index contributed by atoms with van der Waals surface area (Å²) in [6.45, 7) is 4.81. The van der Waals surface area contributed by atoms with Crippen molar-refractivity contribution in [3.8, 4) is 11.1 Å². The lowest BCUT2D eigenvalue weighted by Crippen LogP contribution is -2.50. The Morgan fingerprint density at radius 2 is 1.79 bits per heavy atom. The molecule has 1 saturated heterocycles. The molecule has 2 atom stereocenters. The Balaban J connectivity index is 1.58. The lowest BCUT2D eigenvalue weighted by molar-refractivity contribution is -0.141. The number of carboxylic acid groups (broad SMARTS) is 1. The van der Waals surface area contributed by atoms with Gasteiger partial charge in [0.15, 0.2) is 0 Å². The molecule has 9 heteroatoms. The highest BCUT2D eigenvalue weighted by Crippen LogP contribution is 2.37. The number of carbonyl (C=O) groups excluding carboxylic acids is 1. The predicted octanol–water partition coefficient (Wildman–Crippen LogP) is 4.37. The molecular formula is C25H27F3N2O4. The number of aromatic nitrogens is 1. The molecule has 1 fully saturated rings. The van der Waals surface area contributed by atoms with Crippen LogP contribution in [0.4, 0.5) is 13.2 Å². The zero-order valence-corrected chi connectivity index (χ0v) is 19.1. The number of likely N-dealkylation sites (tertiary alicyclic amines) is 1. The van der Waals surface area contributed by atoms with Crippen LogP contribution in [-0.4, -0.2) is 39.5 Å². The molecule has 2 aliphatic heterocycles. The third-order valence-corrected chi connectivity index (χ3v) is 6.72. The van der Waals surface area contributed by atoms with Gasteiger partial charge in [-0.15, -0.1) is 0 Å². The number of benzene rings is 1. The van der Waals surface area contributed by atoms with Gasteiger partial charge in [-0.1, -0.05) is 26.0 Å². The predicted molar refractivity (Wildman–Crippen MR) is 119 cm³/mol. The number of hydrogen-bond acceptors (Lipinski definition) is 3. The van der Waals surface area contributed by atoms with Gasteiger partial charge in [0.25, 0.3) is 5.56 Å². The minimum atomic E-state index is -4.49. The second-order valence-electron chi connectivity index (χ2n) is 10.2. The number of aliphatic carboxylic acids is 1. The van der Waals surface area contributed by atoms with Crippen molar-refractivity contribution in [3.05, 3.63) is 58.0 Å². The standard InChI is InChI=1S/C25H27F3N2O4/c1-24(2,11-22(32)33)10-21(31)29-12-15-8-17(14-29)20-7-6-19(23(34)30(20)13-15)16-4-3-5-18(9-16)25(26,27)28/h3-7,9,15,17H,8,10-14H2,1-2H3,(H,32,33)/t15-,17+/m0/s1. The molecule has 2 aromatic rings. The van der Waals surface area contributed by atoms with Crippen LogP contribution in [0.1, 0.15) is 50.3 Å². The maximum atomic E-state index is 13.3. The first-order chi connectivity index (χ1) is 15.8. The van der Waals surface area contributed by atoms with E-state index in [4.69, 9.17) is 5.11 Å². The van der Waals surface area contributed by atoms with Gasteiger partial charge in [0.05, 0.1) is 12.0 Å². The molecule has 0 saturated carbocycles. The molecule has 1 aromatic heterocycles. The minimum absolute atomic E-state index is 0.0484. The first-order valence-corrected chi connectivity index (χ1v) is 11.2. The maximum absolute atomic E-state index is 13.3. The summed E-state index contributed by atoms with van der Waals surface area (Å²) in [5.74, 6) is -1.05. The molecule has 2 bridgehead atoms. The Labute approximate surface area is 195 Å². The number of carboxylic acids is 1. The quantitative estimate of drug-likeness (QED) is 0.695. The fourth-order valence-corrected chi connectivity index (χ4v) is 5.23. The molecule has 2 aliphatic rings. The summed E-state index contributed by atoms with van der Waals surface area (Å²) in [6, 6.07) is 8.12. The fraction of sp³-hybridized carbons (Fsp3) is 0.480. The van der Waals surface area contributed by atoms with Crippen molar-refractivity contribution in [2.45, 2.75) is 51.7 Å². The summed E-state index contributed by atoms with van der Waals surface area (Å²) in [5, 5.41) is 9.09. The Morgan fingerprint density at radius 1 is 1.06 bits per heavy atom. The van der Waals surface area contributed by atoms with Crippen LogP contribution >= 0.6 is 0 Å². The Morgan fingerprint density at radius 3 is 2.47 bits per heavy atom. The van der Waals surface area contributed by atoms with Crippen molar-refractivity contribution in [2.75, 3.05) is 13.1 Å². The molecule has 0 spiro atoms. The zero-order chi connectivity index (χ0) is 24.8. The Hall–Kier alpha value is -3.10. The lowest BCUT2D eigenvalue weighted by Gasteiger charge is -2.43. The SMILES string of the molecule is CC(C)(CC(=O)O)CC(=O)N1C[C@@H]2C[C@H](C1)c1ccc(-c3cccc(C(F)(F)F)c3)c(=O)n1C2. The highest BCUT2D eigenvalue weighted by atomic mass is 19.4. The second kappa shape index (κ2) is 8.60. The summed E-state index contributed by atoms with van der Waals surface area (Å²) in [7, 11) is 0. The Bertz CT molecular complexity index is 1190. The molecule has 1 aromatic carbocycles. The summed E-state index contributed by atoms with van der Waals surface area (Å²) in [4.78, 5) is 39.0. The summed E-state index contributed by atoms with van der Waals surface area (Å²) < 4.78 is 41.1. The van der Waals surface area contributed by atoms with Crippen LogP contribution in [0.15, 0.2) is 41.2 Å². The van der Waals surface area contributed by atoms with E-state index in [1.165, 1.54) is 12.1 Å². The number of hydrogen-bond donors (Lipinski definition) is 1. The van der Waals surface area contributed by atoms with Crippen molar-refractivity contribution in [3.63, 3.8) is 0 Å². The molecule has 4 rings (SSSR count). The van der Waals surface area contributed by atoms with Crippen LogP contribution in [0.3, 0.4) is 0 Å². The number of carbonyl (C=O) groups is 2. The van der Waals surface area contributed by atoms with E-state index in [2.05, 4.69) is 0 Å². The smallest absolute Gasteiger partial charge is 0.416 e. The van der Waals surface area contributed by atoms with E-state index in [9.17, 15) is 27.6 Å². The number of piperidine rings is 1. The van der Waals surface area contributed by atoms with Gasteiger partial charge >= 0.3 is 12.1 Å². The molecule has 1 amide bonds. The number of alkyl halides is 3. The third kappa shape index (κ3) is 4.88. The van der Waals surface area contributed by atoms with Crippen molar-refractivity contribution < 1.29 is 27.9 Å². The van der Waals surface area contributed by atoms with Crippen LogP contribution < -0.4 is 5.56 Å². The number of fused-ring (bicyclic) bond motifs is 4. The fourth-order valence-electron chi connectivity index (χ4n) is 5.23. The Kier molecular flexibility index (Phi) is 6.08. The molecule has 1 N–H and O–H groups in total. The minimum Gasteiger partial charge on any atom is -0.481 e.